The molecule has 0 saturated heterocycles. The van der Waals surface area contributed by atoms with Gasteiger partial charge in [0.05, 0.1) is 5.52 Å². The molecular weight excluding hydrogens is 252 g/mol. The Morgan fingerprint density at radius 3 is 2.89 bits per heavy atom. The molecule has 0 aliphatic heterocycles. The van der Waals surface area contributed by atoms with Crippen molar-refractivity contribution in [2.24, 2.45) is 5.73 Å². The molecular formula is C13H13ClN2O2. The van der Waals surface area contributed by atoms with Gasteiger partial charge in [0.2, 0.25) is 0 Å². The summed E-state index contributed by atoms with van der Waals surface area (Å²) in [5, 5.41) is 10.2. The minimum absolute atomic E-state index is 0.299. The van der Waals surface area contributed by atoms with Crippen LogP contribution in [0.5, 0.6) is 0 Å². The summed E-state index contributed by atoms with van der Waals surface area (Å²) in [6.45, 7) is 1.88. The second-order valence-corrected chi connectivity index (χ2v) is 4.63. The number of benzene rings is 1. The Kier molecular flexibility index (Phi) is 3.50. The van der Waals surface area contributed by atoms with Gasteiger partial charge < -0.3 is 10.8 Å². The zero-order valence-electron chi connectivity index (χ0n) is 9.85. The average molecular weight is 265 g/mol. The van der Waals surface area contributed by atoms with Crippen LogP contribution < -0.4 is 5.73 Å². The lowest BCUT2D eigenvalue weighted by molar-refractivity contribution is -0.138. The normalized spacial score (nSPS) is 12.6. The molecule has 1 heterocycles. The molecule has 1 aromatic heterocycles. The van der Waals surface area contributed by atoms with Gasteiger partial charge in [0.25, 0.3) is 0 Å². The minimum Gasteiger partial charge on any atom is -0.480 e. The summed E-state index contributed by atoms with van der Waals surface area (Å²) in [5.41, 5.74) is 8.07. The molecule has 3 N–H and O–H groups in total. The lowest BCUT2D eigenvalue weighted by atomic mass is 10.0. The molecule has 0 amide bonds. The fourth-order valence-electron chi connectivity index (χ4n) is 1.78. The number of carboxylic acids is 1. The van der Waals surface area contributed by atoms with Gasteiger partial charge in [-0.1, -0.05) is 17.7 Å². The summed E-state index contributed by atoms with van der Waals surface area (Å²) in [6.07, 6.45) is 0.299. The fourth-order valence-corrected chi connectivity index (χ4v) is 1.92. The monoisotopic (exact) mass is 264 g/mol. The van der Waals surface area contributed by atoms with E-state index in [-0.39, 0.29) is 0 Å². The van der Waals surface area contributed by atoms with E-state index in [1.54, 1.807) is 0 Å². The van der Waals surface area contributed by atoms with Crippen LogP contribution in [-0.2, 0) is 11.2 Å². The van der Waals surface area contributed by atoms with Crippen LogP contribution in [0.3, 0.4) is 0 Å². The number of rotatable bonds is 3. The maximum atomic E-state index is 10.7. The number of aliphatic carboxylic acids is 1. The number of nitrogens with zero attached hydrogens (tertiary/aromatic N) is 1. The molecule has 1 aromatic carbocycles. The van der Waals surface area contributed by atoms with Gasteiger partial charge in [-0.2, -0.15) is 0 Å². The zero-order valence-corrected chi connectivity index (χ0v) is 10.6. The first kappa shape index (κ1) is 12.8. The summed E-state index contributed by atoms with van der Waals surface area (Å²) in [5.74, 6) is -1.000. The highest BCUT2D eigenvalue weighted by Crippen LogP contribution is 2.21. The third-order valence-corrected chi connectivity index (χ3v) is 3.16. The second-order valence-electron chi connectivity index (χ2n) is 4.27. The van der Waals surface area contributed by atoms with Crippen molar-refractivity contribution >= 4 is 28.5 Å². The Morgan fingerprint density at radius 2 is 2.22 bits per heavy atom. The molecule has 5 heteroatoms. The highest BCUT2D eigenvalue weighted by molar-refractivity contribution is 6.30. The van der Waals surface area contributed by atoms with Crippen LogP contribution in [0.25, 0.3) is 10.9 Å². The van der Waals surface area contributed by atoms with Crippen molar-refractivity contribution in [2.75, 3.05) is 0 Å². The maximum Gasteiger partial charge on any atom is 0.320 e. The van der Waals surface area contributed by atoms with Crippen LogP contribution >= 0.6 is 11.6 Å². The van der Waals surface area contributed by atoms with Crippen molar-refractivity contribution in [3.8, 4) is 0 Å². The highest BCUT2D eigenvalue weighted by Gasteiger charge is 2.12. The van der Waals surface area contributed by atoms with E-state index in [0.29, 0.717) is 11.6 Å². The Hall–Kier alpha value is -1.65. The Labute approximate surface area is 109 Å². The van der Waals surface area contributed by atoms with Crippen molar-refractivity contribution in [1.82, 2.24) is 4.98 Å². The number of fused-ring (bicyclic) bond motifs is 1. The Balaban J connectivity index is 2.38. The Morgan fingerprint density at radius 1 is 1.50 bits per heavy atom. The quantitative estimate of drug-likeness (QED) is 0.833. The zero-order chi connectivity index (χ0) is 13.3. The number of aryl methyl sites for hydroxylation is 1. The number of hydrogen-bond donors (Lipinski definition) is 2. The molecule has 0 spiro atoms. The van der Waals surface area contributed by atoms with Crippen LogP contribution in [0.1, 0.15) is 11.1 Å². The average Bonchev–Trinajstić information content (AvgIpc) is 2.31. The van der Waals surface area contributed by atoms with Gasteiger partial charge in [-0.3, -0.25) is 4.79 Å². The standard InChI is InChI=1S/C13H13ClN2O2/c1-7-4-9-5-8(6-10(15)13(17)18)2-3-11(9)16-12(7)14/h2-5,10H,6,15H2,1H3,(H,17,18). The summed E-state index contributed by atoms with van der Waals surface area (Å²) < 4.78 is 0. The smallest absolute Gasteiger partial charge is 0.320 e. The number of halogens is 1. The van der Waals surface area contributed by atoms with Crippen LogP contribution in [0.4, 0.5) is 0 Å². The molecule has 0 radical (unpaired) electrons. The number of nitrogens with two attached hydrogens (primary N) is 1. The SMILES string of the molecule is Cc1cc2cc(CC(N)C(=O)O)ccc2nc1Cl. The molecule has 18 heavy (non-hydrogen) atoms. The van der Waals surface area contributed by atoms with Crippen molar-refractivity contribution in [3.05, 3.63) is 40.5 Å². The van der Waals surface area contributed by atoms with Crippen molar-refractivity contribution in [3.63, 3.8) is 0 Å². The summed E-state index contributed by atoms with van der Waals surface area (Å²) in [7, 11) is 0. The molecule has 1 unspecified atom stereocenters. The molecule has 2 aromatic rings. The van der Waals surface area contributed by atoms with Crippen molar-refractivity contribution in [1.29, 1.82) is 0 Å². The number of hydrogen-bond acceptors (Lipinski definition) is 3. The van der Waals surface area contributed by atoms with E-state index in [1.807, 2.05) is 31.2 Å². The van der Waals surface area contributed by atoms with Crippen LogP contribution in [0.15, 0.2) is 24.3 Å². The molecule has 2 rings (SSSR count). The fraction of sp³-hybridized carbons (Fsp3) is 0.231. The lowest BCUT2D eigenvalue weighted by Gasteiger charge is -2.08. The van der Waals surface area contributed by atoms with E-state index < -0.39 is 12.0 Å². The number of aromatic nitrogens is 1. The molecule has 0 saturated carbocycles. The van der Waals surface area contributed by atoms with Gasteiger partial charge in [-0.25, -0.2) is 4.98 Å². The van der Waals surface area contributed by atoms with E-state index >= 15 is 0 Å². The van der Waals surface area contributed by atoms with E-state index in [4.69, 9.17) is 22.4 Å². The molecule has 1 atom stereocenters. The molecule has 0 aliphatic rings. The largest absolute Gasteiger partial charge is 0.480 e. The predicted octanol–water partition coefficient (Wildman–Crippen LogP) is 2.15. The third kappa shape index (κ3) is 2.60. The first-order valence-corrected chi connectivity index (χ1v) is 5.89. The maximum absolute atomic E-state index is 10.7. The summed E-state index contributed by atoms with van der Waals surface area (Å²) >= 11 is 5.94. The van der Waals surface area contributed by atoms with Crippen LogP contribution in [-0.4, -0.2) is 22.1 Å². The Bertz CT molecular complexity index is 613. The summed E-state index contributed by atoms with van der Waals surface area (Å²) in [4.78, 5) is 15.0. The van der Waals surface area contributed by atoms with E-state index in [2.05, 4.69) is 4.98 Å². The van der Waals surface area contributed by atoms with Gasteiger partial charge in [-0.15, -0.1) is 0 Å². The second kappa shape index (κ2) is 4.92. The molecule has 0 fully saturated rings. The number of carboxylic acid groups (broad SMARTS) is 1. The van der Waals surface area contributed by atoms with Gasteiger partial charge in [0, 0.05) is 5.39 Å². The number of pyridine rings is 1. The molecule has 0 bridgehead atoms. The summed E-state index contributed by atoms with van der Waals surface area (Å²) in [6, 6.07) is 6.59. The van der Waals surface area contributed by atoms with E-state index in [0.717, 1.165) is 22.0 Å². The van der Waals surface area contributed by atoms with Gasteiger partial charge >= 0.3 is 5.97 Å². The van der Waals surface area contributed by atoms with E-state index in [9.17, 15) is 4.79 Å². The molecule has 0 aliphatic carbocycles. The van der Waals surface area contributed by atoms with Crippen LogP contribution in [0.2, 0.25) is 5.15 Å². The minimum atomic E-state index is -1.000. The first-order valence-electron chi connectivity index (χ1n) is 5.51. The molecule has 4 nitrogen and oxygen atoms in total. The van der Waals surface area contributed by atoms with E-state index in [1.165, 1.54) is 0 Å². The lowest BCUT2D eigenvalue weighted by Crippen LogP contribution is -2.32. The highest BCUT2D eigenvalue weighted by atomic mass is 35.5. The van der Waals surface area contributed by atoms with Gasteiger partial charge in [-0.05, 0) is 42.7 Å². The van der Waals surface area contributed by atoms with Crippen molar-refractivity contribution < 1.29 is 9.90 Å². The van der Waals surface area contributed by atoms with Gasteiger partial charge in [0.1, 0.15) is 11.2 Å². The van der Waals surface area contributed by atoms with Crippen molar-refractivity contribution in [2.45, 2.75) is 19.4 Å². The first-order chi connectivity index (χ1) is 8.47. The molecule has 94 valence electrons. The van der Waals surface area contributed by atoms with Gasteiger partial charge in [0.15, 0.2) is 0 Å². The number of carbonyl (C=O) groups is 1. The third-order valence-electron chi connectivity index (χ3n) is 2.78. The predicted molar refractivity (Wildman–Crippen MR) is 70.8 cm³/mol. The topological polar surface area (TPSA) is 76.2 Å². The van der Waals surface area contributed by atoms with Crippen LogP contribution in [0, 0.1) is 6.92 Å².